The van der Waals surface area contributed by atoms with E-state index in [2.05, 4.69) is 88.1 Å². The Morgan fingerprint density at radius 2 is 1.82 bits per heavy atom. The van der Waals surface area contributed by atoms with Crippen LogP contribution in [-0.2, 0) is 0 Å². The Labute approximate surface area is 134 Å². The van der Waals surface area contributed by atoms with Gasteiger partial charge in [0, 0.05) is 0 Å². The molecular weight excluding hydrogens is 264 g/mol. The van der Waals surface area contributed by atoms with Crippen LogP contribution in [0.2, 0.25) is 0 Å². The predicted molar refractivity (Wildman–Crippen MR) is 101 cm³/mol. The lowest BCUT2D eigenvalue weighted by molar-refractivity contribution is 1.15. The Morgan fingerprint density at radius 1 is 1.09 bits per heavy atom. The Kier molecular flexibility index (Phi) is 5.55. The fourth-order valence-electron chi connectivity index (χ4n) is 2.36. The molecule has 0 saturated carbocycles. The molecule has 112 valence electrons. The second kappa shape index (κ2) is 7.61. The zero-order chi connectivity index (χ0) is 15.9. The van der Waals surface area contributed by atoms with Crippen LogP contribution in [0.3, 0.4) is 0 Å². The molecule has 0 fully saturated rings. The number of hydrogen-bond donors (Lipinski definition) is 0. The summed E-state index contributed by atoms with van der Waals surface area (Å²) in [6.07, 6.45) is 20.3. The van der Waals surface area contributed by atoms with Crippen molar-refractivity contribution in [3.05, 3.63) is 82.5 Å². The maximum absolute atomic E-state index is 3.96. The van der Waals surface area contributed by atoms with Gasteiger partial charge in [-0.1, -0.05) is 73.8 Å². The van der Waals surface area contributed by atoms with Crippen molar-refractivity contribution in [1.29, 1.82) is 0 Å². The normalized spacial score (nSPS) is 14.5. The van der Waals surface area contributed by atoms with Crippen LogP contribution in [0, 0.1) is 0 Å². The molecule has 0 bridgehead atoms. The van der Waals surface area contributed by atoms with Crippen LogP contribution < -0.4 is 0 Å². The fourth-order valence-corrected chi connectivity index (χ4v) is 2.36. The molecule has 0 atom stereocenters. The van der Waals surface area contributed by atoms with Gasteiger partial charge in [0.25, 0.3) is 0 Å². The molecule has 0 spiro atoms. The zero-order valence-corrected chi connectivity index (χ0v) is 13.8. The van der Waals surface area contributed by atoms with Crippen molar-refractivity contribution in [2.24, 2.45) is 0 Å². The number of fused-ring (bicyclic) bond motifs is 1. The third-order valence-electron chi connectivity index (χ3n) is 3.96. The molecule has 0 heteroatoms. The van der Waals surface area contributed by atoms with Crippen LogP contribution in [0.15, 0.2) is 60.2 Å². The van der Waals surface area contributed by atoms with E-state index in [0.717, 1.165) is 6.42 Å². The summed E-state index contributed by atoms with van der Waals surface area (Å²) < 4.78 is 0. The first-order chi connectivity index (χ1) is 10.7. The largest absolute Gasteiger partial charge is 0.0984 e. The second-order valence-corrected chi connectivity index (χ2v) is 5.47. The van der Waals surface area contributed by atoms with E-state index >= 15 is 0 Å². The molecule has 2 rings (SSSR count). The zero-order valence-electron chi connectivity index (χ0n) is 13.8. The molecule has 0 radical (unpaired) electrons. The smallest absolute Gasteiger partial charge is 0.0178 e. The molecule has 22 heavy (non-hydrogen) atoms. The quantitative estimate of drug-likeness (QED) is 0.542. The van der Waals surface area contributed by atoms with Crippen molar-refractivity contribution >= 4 is 24.3 Å². The maximum Gasteiger partial charge on any atom is -0.0178 e. The monoisotopic (exact) mass is 288 g/mol. The predicted octanol–water partition coefficient (Wildman–Crippen LogP) is 6.69. The van der Waals surface area contributed by atoms with Gasteiger partial charge in [0.1, 0.15) is 0 Å². The van der Waals surface area contributed by atoms with E-state index in [9.17, 15) is 0 Å². The third-order valence-corrected chi connectivity index (χ3v) is 3.96. The van der Waals surface area contributed by atoms with E-state index in [-0.39, 0.29) is 0 Å². The van der Waals surface area contributed by atoms with Crippen LogP contribution in [0.4, 0.5) is 0 Å². The van der Waals surface area contributed by atoms with E-state index in [4.69, 9.17) is 0 Å². The van der Waals surface area contributed by atoms with Crippen molar-refractivity contribution in [2.75, 3.05) is 0 Å². The average Bonchev–Trinajstić information content (AvgIpc) is 2.53. The van der Waals surface area contributed by atoms with Gasteiger partial charge in [0.15, 0.2) is 0 Å². The summed E-state index contributed by atoms with van der Waals surface area (Å²) in [6.45, 7) is 10.3. The third kappa shape index (κ3) is 3.85. The minimum Gasteiger partial charge on any atom is -0.0984 e. The lowest BCUT2D eigenvalue weighted by Gasteiger charge is -2.10. The van der Waals surface area contributed by atoms with Gasteiger partial charge in [-0.05, 0) is 60.2 Å². The molecule has 0 amide bonds. The molecule has 0 aliphatic heterocycles. The minimum atomic E-state index is 1.05. The van der Waals surface area contributed by atoms with Crippen molar-refractivity contribution < 1.29 is 0 Å². The van der Waals surface area contributed by atoms with E-state index in [1.807, 2.05) is 6.08 Å². The number of rotatable bonds is 4. The number of allylic oxidation sites excluding steroid dienone is 7. The van der Waals surface area contributed by atoms with E-state index < -0.39 is 0 Å². The molecule has 0 saturated heterocycles. The van der Waals surface area contributed by atoms with E-state index in [1.54, 1.807) is 0 Å². The number of benzene rings is 1. The molecule has 1 aromatic carbocycles. The summed E-state index contributed by atoms with van der Waals surface area (Å²) in [4.78, 5) is 0. The molecule has 0 unspecified atom stereocenters. The summed E-state index contributed by atoms with van der Waals surface area (Å²) in [5, 5.41) is 0. The summed E-state index contributed by atoms with van der Waals surface area (Å²) in [5.41, 5.74) is 7.45. The van der Waals surface area contributed by atoms with Crippen LogP contribution >= 0.6 is 0 Å². The van der Waals surface area contributed by atoms with Crippen LogP contribution in [0.1, 0.15) is 49.4 Å². The van der Waals surface area contributed by atoms with Gasteiger partial charge in [-0.2, -0.15) is 0 Å². The first-order valence-corrected chi connectivity index (χ1v) is 7.84. The number of hydrogen-bond acceptors (Lipinski definition) is 0. The van der Waals surface area contributed by atoms with Gasteiger partial charge in [0.05, 0.1) is 0 Å². The van der Waals surface area contributed by atoms with Crippen molar-refractivity contribution in [3.8, 4) is 0 Å². The van der Waals surface area contributed by atoms with Crippen molar-refractivity contribution in [3.63, 3.8) is 0 Å². The van der Waals surface area contributed by atoms with Gasteiger partial charge in [-0.25, -0.2) is 0 Å². The van der Waals surface area contributed by atoms with Crippen LogP contribution in [0.5, 0.6) is 0 Å². The van der Waals surface area contributed by atoms with Crippen molar-refractivity contribution in [2.45, 2.75) is 27.2 Å². The molecule has 0 N–H and O–H groups in total. The average molecular weight is 288 g/mol. The molecule has 0 aromatic heterocycles. The summed E-state index contributed by atoms with van der Waals surface area (Å²) in [6, 6.07) is 4.45. The fraction of sp³-hybridized carbons (Fsp3) is 0.182. The van der Waals surface area contributed by atoms with Crippen molar-refractivity contribution in [1.82, 2.24) is 0 Å². The van der Waals surface area contributed by atoms with Gasteiger partial charge >= 0.3 is 0 Å². The standard InChI is InChI=1S/C22H24/c1-5-17(4)11-13-21-16-20-10-8-9-18(6-2)12-14-22(20)15-19(21)7-3/h5,7-16H,3,6H2,1-2,4H3/b9-8?,10-8?,13-11-,14-12?,17-5-,18-9?,18-12?,20-10?,22-14?. The Morgan fingerprint density at radius 3 is 2.50 bits per heavy atom. The molecule has 1 aliphatic rings. The first kappa shape index (κ1) is 16.0. The summed E-state index contributed by atoms with van der Waals surface area (Å²) in [7, 11) is 0. The van der Waals surface area contributed by atoms with Gasteiger partial charge in [-0.3, -0.25) is 0 Å². The van der Waals surface area contributed by atoms with E-state index in [1.165, 1.54) is 33.4 Å². The Balaban J connectivity index is 2.49. The highest BCUT2D eigenvalue weighted by Gasteiger charge is 2.04. The summed E-state index contributed by atoms with van der Waals surface area (Å²) in [5.74, 6) is 0. The van der Waals surface area contributed by atoms with Gasteiger partial charge in [0.2, 0.25) is 0 Å². The highest BCUT2D eigenvalue weighted by atomic mass is 14.1. The Bertz CT molecular complexity index is 704. The lowest BCUT2D eigenvalue weighted by Crippen LogP contribution is -1.90. The van der Waals surface area contributed by atoms with Gasteiger partial charge < -0.3 is 0 Å². The molecule has 1 aliphatic carbocycles. The topological polar surface area (TPSA) is 0 Å². The minimum absolute atomic E-state index is 1.05. The SMILES string of the molecule is C=Cc1cc2c(cc1/C=C\C(C)=C/C)C=CC=C(CC)C=C2. The highest BCUT2D eigenvalue weighted by Crippen LogP contribution is 2.24. The maximum atomic E-state index is 3.96. The molecule has 0 nitrogen and oxygen atoms in total. The molecule has 0 heterocycles. The first-order valence-electron chi connectivity index (χ1n) is 7.84. The molecule has 1 aromatic rings. The summed E-state index contributed by atoms with van der Waals surface area (Å²) >= 11 is 0. The van der Waals surface area contributed by atoms with Gasteiger partial charge in [-0.15, -0.1) is 0 Å². The van der Waals surface area contributed by atoms with E-state index in [0.29, 0.717) is 0 Å². The van der Waals surface area contributed by atoms with Crippen LogP contribution in [0.25, 0.3) is 24.3 Å². The Hall–Kier alpha value is -2.34. The van der Waals surface area contributed by atoms with Crippen LogP contribution in [-0.4, -0.2) is 0 Å². The highest BCUT2D eigenvalue weighted by molar-refractivity contribution is 5.76. The second-order valence-electron chi connectivity index (χ2n) is 5.47. The molecular formula is C22H24. The lowest BCUT2D eigenvalue weighted by atomic mass is 9.95.